The fourth-order valence-corrected chi connectivity index (χ4v) is 4.46. The average Bonchev–Trinajstić information content (AvgIpc) is 2.99. The first-order valence-electron chi connectivity index (χ1n) is 6.70. The van der Waals surface area contributed by atoms with Crippen LogP contribution in [0, 0.1) is 13.8 Å². The van der Waals surface area contributed by atoms with Gasteiger partial charge in [-0.3, -0.25) is 0 Å². The smallest absolute Gasteiger partial charge is 0.244 e. The lowest BCUT2D eigenvalue weighted by Crippen LogP contribution is -2.27. The van der Waals surface area contributed by atoms with Gasteiger partial charge in [-0.25, -0.2) is 13.1 Å². The second-order valence-corrected chi connectivity index (χ2v) is 7.32. The van der Waals surface area contributed by atoms with E-state index in [0.717, 1.165) is 5.56 Å². The van der Waals surface area contributed by atoms with Crippen LogP contribution in [-0.4, -0.2) is 22.0 Å². The molecule has 0 aliphatic heterocycles. The van der Waals surface area contributed by atoms with Crippen molar-refractivity contribution in [2.75, 3.05) is 13.6 Å². The Bertz CT molecular complexity index is 688. The second-order valence-electron chi connectivity index (χ2n) is 4.83. The van der Waals surface area contributed by atoms with Crippen molar-refractivity contribution in [1.82, 2.24) is 10.0 Å². The minimum atomic E-state index is -3.56. The molecule has 2 aromatic rings. The number of furan rings is 1. The molecule has 0 saturated carbocycles. The Morgan fingerprint density at radius 2 is 2.05 bits per heavy atom. The highest BCUT2D eigenvalue weighted by Gasteiger charge is 2.26. The minimum absolute atomic E-state index is 0.264. The Morgan fingerprint density at radius 1 is 1.29 bits per heavy atom. The zero-order valence-electron chi connectivity index (χ0n) is 12.4. The maximum absolute atomic E-state index is 12.5. The van der Waals surface area contributed by atoms with E-state index in [1.165, 1.54) is 0 Å². The molecule has 0 amide bonds. The number of nitrogens with one attached hydrogen (secondary N) is 2. The maximum Gasteiger partial charge on any atom is 0.244 e. The van der Waals surface area contributed by atoms with E-state index in [4.69, 9.17) is 4.42 Å². The standard InChI is InChI=1S/C14H20N2O3S2/c1-10-13(8-15-3)14(11(2)19-10)21(17,18)16-6-4-12-5-7-20-9-12/h5,7,9,15-16H,4,6,8H2,1-3H3. The van der Waals surface area contributed by atoms with Crippen molar-refractivity contribution in [2.45, 2.75) is 31.7 Å². The van der Waals surface area contributed by atoms with Crippen molar-refractivity contribution in [3.8, 4) is 0 Å². The molecule has 2 rings (SSSR count). The molecule has 7 heteroatoms. The van der Waals surface area contributed by atoms with Crippen molar-refractivity contribution in [2.24, 2.45) is 0 Å². The summed E-state index contributed by atoms with van der Waals surface area (Å²) in [6.45, 7) is 4.30. The molecule has 0 unspecified atom stereocenters. The average molecular weight is 328 g/mol. The summed E-state index contributed by atoms with van der Waals surface area (Å²) in [5.41, 5.74) is 1.83. The molecule has 0 saturated heterocycles. The van der Waals surface area contributed by atoms with E-state index in [1.54, 1.807) is 32.2 Å². The first-order valence-corrected chi connectivity index (χ1v) is 9.12. The predicted octanol–water partition coefficient (Wildman–Crippen LogP) is 2.20. The first kappa shape index (κ1) is 16.2. The topological polar surface area (TPSA) is 71.3 Å². The van der Waals surface area contributed by atoms with Crippen LogP contribution in [-0.2, 0) is 23.0 Å². The van der Waals surface area contributed by atoms with Gasteiger partial charge in [0.15, 0.2) is 0 Å². The summed E-state index contributed by atoms with van der Waals surface area (Å²) in [4.78, 5) is 0.264. The van der Waals surface area contributed by atoms with Gasteiger partial charge < -0.3 is 9.73 Å². The molecule has 0 aliphatic rings. The van der Waals surface area contributed by atoms with Crippen molar-refractivity contribution in [3.63, 3.8) is 0 Å². The molecule has 2 aromatic heterocycles. The summed E-state index contributed by atoms with van der Waals surface area (Å²) in [5.74, 6) is 1.07. The summed E-state index contributed by atoms with van der Waals surface area (Å²) in [6, 6.07) is 2.00. The summed E-state index contributed by atoms with van der Waals surface area (Å²) < 4.78 is 33.1. The third kappa shape index (κ3) is 3.74. The normalized spacial score (nSPS) is 12.0. The van der Waals surface area contributed by atoms with E-state index in [2.05, 4.69) is 10.0 Å². The summed E-state index contributed by atoms with van der Waals surface area (Å²) >= 11 is 1.61. The van der Waals surface area contributed by atoms with E-state index >= 15 is 0 Å². The van der Waals surface area contributed by atoms with E-state index in [-0.39, 0.29) is 4.90 Å². The molecule has 2 heterocycles. The molecular weight excluding hydrogens is 308 g/mol. The SMILES string of the molecule is CNCc1c(C)oc(C)c1S(=O)(=O)NCCc1ccsc1. The van der Waals surface area contributed by atoms with E-state index in [1.807, 2.05) is 16.8 Å². The Morgan fingerprint density at radius 3 is 2.67 bits per heavy atom. The van der Waals surface area contributed by atoms with Crippen LogP contribution in [0.15, 0.2) is 26.1 Å². The summed E-state index contributed by atoms with van der Waals surface area (Å²) in [5, 5.41) is 6.98. The first-order chi connectivity index (χ1) is 9.95. The quantitative estimate of drug-likeness (QED) is 0.817. The zero-order chi connectivity index (χ0) is 15.5. The Labute approximate surface area is 129 Å². The van der Waals surface area contributed by atoms with Crippen molar-refractivity contribution < 1.29 is 12.8 Å². The van der Waals surface area contributed by atoms with Crippen molar-refractivity contribution >= 4 is 21.4 Å². The molecule has 2 N–H and O–H groups in total. The highest BCUT2D eigenvalue weighted by molar-refractivity contribution is 7.89. The molecule has 0 radical (unpaired) electrons. The van der Waals surface area contributed by atoms with Crippen LogP contribution in [0.3, 0.4) is 0 Å². The van der Waals surface area contributed by atoms with Gasteiger partial charge >= 0.3 is 0 Å². The van der Waals surface area contributed by atoms with Gasteiger partial charge in [0.25, 0.3) is 0 Å². The lowest BCUT2D eigenvalue weighted by Gasteiger charge is -2.08. The van der Waals surface area contributed by atoms with Gasteiger partial charge in [0.1, 0.15) is 16.4 Å². The molecule has 0 atom stereocenters. The minimum Gasteiger partial charge on any atom is -0.465 e. The predicted molar refractivity (Wildman–Crippen MR) is 84.2 cm³/mol. The molecular formula is C14H20N2O3S2. The van der Waals surface area contributed by atoms with Gasteiger partial charge in [0, 0.05) is 18.7 Å². The van der Waals surface area contributed by atoms with Gasteiger partial charge in [-0.15, -0.1) is 0 Å². The molecule has 21 heavy (non-hydrogen) atoms. The number of hydrogen-bond acceptors (Lipinski definition) is 5. The molecule has 0 aromatic carbocycles. The van der Waals surface area contributed by atoms with Crippen LogP contribution in [0.1, 0.15) is 22.6 Å². The largest absolute Gasteiger partial charge is 0.465 e. The van der Waals surface area contributed by atoms with Crippen molar-refractivity contribution in [3.05, 3.63) is 39.5 Å². The van der Waals surface area contributed by atoms with Crippen LogP contribution >= 0.6 is 11.3 Å². The molecule has 116 valence electrons. The third-order valence-corrected chi connectivity index (χ3v) is 5.62. The number of hydrogen-bond donors (Lipinski definition) is 2. The second kappa shape index (κ2) is 6.74. The molecule has 0 aliphatic carbocycles. The number of sulfonamides is 1. The van der Waals surface area contributed by atoms with Crippen LogP contribution in [0.2, 0.25) is 0 Å². The fourth-order valence-electron chi connectivity index (χ4n) is 2.28. The van der Waals surface area contributed by atoms with Gasteiger partial charge in [-0.05, 0) is 49.7 Å². The third-order valence-electron chi connectivity index (χ3n) is 3.23. The van der Waals surface area contributed by atoms with E-state index < -0.39 is 10.0 Å². The van der Waals surface area contributed by atoms with Gasteiger partial charge in [0.05, 0.1) is 0 Å². The Balaban J connectivity index is 2.15. The van der Waals surface area contributed by atoms with Gasteiger partial charge in [0.2, 0.25) is 10.0 Å². The number of thiophene rings is 1. The Hall–Kier alpha value is -1.15. The highest BCUT2D eigenvalue weighted by Crippen LogP contribution is 2.26. The van der Waals surface area contributed by atoms with Crippen molar-refractivity contribution in [1.29, 1.82) is 0 Å². The Kier molecular flexibility index (Phi) is 5.21. The van der Waals surface area contributed by atoms with E-state index in [9.17, 15) is 8.42 Å². The van der Waals surface area contributed by atoms with Crippen LogP contribution in [0.25, 0.3) is 0 Å². The lowest BCUT2D eigenvalue weighted by atomic mass is 10.2. The van der Waals surface area contributed by atoms with E-state index in [0.29, 0.717) is 36.6 Å². The molecule has 0 bridgehead atoms. The van der Waals surface area contributed by atoms with Crippen LogP contribution < -0.4 is 10.0 Å². The molecule has 5 nitrogen and oxygen atoms in total. The zero-order valence-corrected chi connectivity index (χ0v) is 14.0. The fraction of sp³-hybridized carbons (Fsp3) is 0.429. The summed E-state index contributed by atoms with van der Waals surface area (Å²) in [6.07, 6.45) is 0.681. The monoisotopic (exact) mass is 328 g/mol. The maximum atomic E-state index is 12.5. The highest BCUT2D eigenvalue weighted by atomic mass is 32.2. The van der Waals surface area contributed by atoms with Gasteiger partial charge in [-0.2, -0.15) is 11.3 Å². The number of rotatable bonds is 7. The molecule has 0 fully saturated rings. The molecule has 0 spiro atoms. The van der Waals surface area contributed by atoms with Crippen LogP contribution in [0.5, 0.6) is 0 Å². The van der Waals surface area contributed by atoms with Gasteiger partial charge in [-0.1, -0.05) is 0 Å². The summed E-state index contributed by atoms with van der Waals surface area (Å²) in [7, 11) is -1.78. The lowest BCUT2D eigenvalue weighted by molar-refractivity contribution is 0.493. The van der Waals surface area contributed by atoms with Crippen LogP contribution in [0.4, 0.5) is 0 Å². The number of aryl methyl sites for hydroxylation is 2.